The Labute approximate surface area is 236 Å². The molecule has 4 atom stereocenters. The van der Waals surface area contributed by atoms with Gasteiger partial charge in [-0.1, -0.05) is 6.07 Å². The lowest BCUT2D eigenvalue weighted by molar-refractivity contribution is -0.219. The second kappa shape index (κ2) is 11.5. The number of morpholine rings is 1. The first kappa shape index (κ1) is 29.1. The number of nitrogens with one attached hydrogen (secondary N) is 1. The quantitative estimate of drug-likeness (QED) is 0.349. The number of hydrogen-bond acceptors (Lipinski definition) is 9. The van der Waals surface area contributed by atoms with Crippen LogP contribution in [0.4, 0.5) is 17.6 Å². The highest BCUT2D eigenvalue weighted by atomic mass is 32.1. The summed E-state index contributed by atoms with van der Waals surface area (Å²) in [6.45, 7) is 2.51. The highest BCUT2D eigenvalue weighted by molar-refractivity contribution is 7.11. The summed E-state index contributed by atoms with van der Waals surface area (Å²) in [7, 11) is 0. The van der Waals surface area contributed by atoms with Gasteiger partial charge in [0.25, 0.3) is 5.92 Å². The van der Waals surface area contributed by atoms with Crippen LogP contribution >= 0.6 is 11.3 Å². The molecule has 2 bridgehead atoms. The van der Waals surface area contributed by atoms with Crippen LogP contribution in [-0.4, -0.2) is 77.1 Å². The van der Waals surface area contributed by atoms with E-state index in [2.05, 4.69) is 15.3 Å². The summed E-state index contributed by atoms with van der Waals surface area (Å²) in [4.78, 5) is 35.1. The predicted octanol–water partition coefficient (Wildman–Crippen LogP) is 3.84. The van der Waals surface area contributed by atoms with Crippen molar-refractivity contribution < 1.29 is 41.7 Å². The molecule has 3 aliphatic heterocycles. The summed E-state index contributed by atoms with van der Waals surface area (Å²) in [5.74, 6) is -8.80. The Hall–Kier alpha value is -3.36. The summed E-state index contributed by atoms with van der Waals surface area (Å²) < 4.78 is 70.8. The van der Waals surface area contributed by atoms with Gasteiger partial charge in [-0.3, -0.25) is 9.69 Å². The number of alkyl halides is 2. The van der Waals surface area contributed by atoms with Crippen LogP contribution in [0.2, 0.25) is 0 Å². The first-order chi connectivity index (χ1) is 19.5. The van der Waals surface area contributed by atoms with Crippen molar-refractivity contribution in [1.82, 2.24) is 15.2 Å². The van der Waals surface area contributed by atoms with E-state index in [0.29, 0.717) is 5.01 Å². The van der Waals surface area contributed by atoms with Crippen LogP contribution in [0.25, 0.3) is 0 Å². The van der Waals surface area contributed by atoms with E-state index >= 15 is 8.78 Å². The van der Waals surface area contributed by atoms with Gasteiger partial charge in [0.15, 0.2) is 22.5 Å². The zero-order valence-electron chi connectivity index (χ0n) is 22.2. The SMILES string of the molecule is CCOC(=O)C1=C(CN2C3COCC2C(F)(F)[C@H](CC(=O)O)C3)N=C(c2nccs2)N[C@H]1c1ccc(F)c(F)c1C. The fourth-order valence-electron chi connectivity index (χ4n) is 5.73. The van der Waals surface area contributed by atoms with E-state index in [-0.39, 0.29) is 61.0 Å². The minimum Gasteiger partial charge on any atom is -0.481 e. The van der Waals surface area contributed by atoms with E-state index in [1.165, 1.54) is 29.2 Å². The minimum absolute atomic E-state index is 0.000109. The highest BCUT2D eigenvalue weighted by Crippen LogP contribution is 2.45. The number of aromatic nitrogens is 1. The number of fused-ring (bicyclic) bond motifs is 2. The molecule has 2 unspecified atom stereocenters. The topological polar surface area (TPSA) is 113 Å². The van der Waals surface area contributed by atoms with Crippen LogP contribution in [-0.2, 0) is 19.1 Å². The Kier molecular flexibility index (Phi) is 8.17. The monoisotopic (exact) mass is 596 g/mol. The average molecular weight is 597 g/mol. The number of halogens is 4. The van der Waals surface area contributed by atoms with Gasteiger partial charge >= 0.3 is 11.9 Å². The molecule has 41 heavy (non-hydrogen) atoms. The van der Waals surface area contributed by atoms with Gasteiger partial charge in [0.05, 0.1) is 49.6 Å². The number of carbonyl (C=O) groups excluding carboxylic acids is 1. The summed E-state index contributed by atoms with van der Waals surface area (Å²) in [6, 6.07) is -0.790. The summed E-state index contributed by atoms with van der Waals surface area (Å²) in [5.41, 5.74) is 0.264. The van der Waals surface area contributed by atoms with E-state index in [1.807, 2.05) is 0 Å². The lowest BCUT2D eigenvalue weighted by Gasteiger charge is -2.52. The fourth-order valence-corrected chi connectivity index (χ4v) is 6.32. The van der Waals surface area contributed by atoms with Crippen molar-refractivity contribution in [3.8, 4) is 0 Å². The number of benzene rings is 1. The summed E-state index contributed by atoms with van der Waals surface area (Å²) in [5, 5.41) is 14.5. The van der Waals surface area contributed by atoms with Crippen LogP contribution < -0.4 is 5.32 Å². The van der Waals surface area contributed by atoms with Crippen molar-refractivity contribution in [2.24, 2.45) is 10.9 Å². The zero-order chi connectivity index (χ0) is 29.5. The molecule has 0 radical (unpaired) electrons. The maximum absolute atomic E-state index is 15.6. The van der Waals surface area contributed by atoms with Gasteiger partial charge in [-0.2, -0.15) is 0 Å². The van der Waals surface area contributed by atoms with Crippen LogP contribution in [0.15, 0.2) is 40.0 Å². The Morgan fingerprint density at radius 1 is 1.29 bits per heavy atom. The average Bonchev–Trinajstić information content (AvgIpc) is 3.46. The zero-order valence-corrected chi connectivity index (χ0v) is 23.0. The fraction of sp³-hybridized carbons (Fsp3) is 0.481. The number of rotatable bonds is 8. The molecular weight excluding hydrogens is 568 g/mol. The molecule has 0 saturated carbocycles. The molecule has 14 heteroatoms. The highest BCUT2D eigenvalue weighted by Gasteiger charge is 2.58. The molecule has 0 spiro atoms. The number of aliphatic carboxylic acids is 1. The number of nitrogens with zero attached hydrogens (tertiary/aromatic N) is 3. The standard InChI is InChI=1S/C27H28F4N4O5S/c1-3-40-26(38)21-18(10-35-15-8-14(9-20(36)37)27(30,31)19(35)12-39-11-15)33-24(25-32-6-7-41-25)34-23(21)16-4-5-17(28)22(29)13(16)2/h4-7,14-15,19,23H,3,8-12H2,1-2H3,(H,33,34)(H,36,37)/t14-,15?,19?,23-/m0/s1. The van der Waals surface area contributed by atoms with Crippen molar-refractivity contribution in [2.45, 2.75) is 50.7 Å². The number of carbonyl (C=O) groups is 2. The molecule has 4 heterocycles. The van der Waals surface area contributed by atoms with Crippen molar-refractivity contribution in [1.29, 1.82) is 0 Å². The molecule has 2 fully saturated rings. The number of aliphatic imine (C=N–C) groups is 1. The number of thiazole rings is 1. The van der Waals surface area contributed by atoms with Crippen molar-refractivity contribution in [3.63, 3.8) is 0 Å². The number of carboxylic acids is 1. The predicted molar refractivity (Wildman–Crippen MR) is 140 cm³/mol. The van der Waals surface area contributed by atoms with Gasteiger partial charge in [-0.05, 0) is 37.5 Å². The van der Waals surface area contributed by atoms with Crippen LogP contribution in [0, 0.1) is 24.5 Å². The Balaban J connectivity index is 1.63. The van der Waals surface area contributed by atoms with E-state index < -0.39 is 60.0 Å². The maximum atomic E-state index is 15.6. The third-order valence-electron chi connectivity index (χ3n) is 7.70. The molecule has 2 aromatic rings. The van der Waals surface area contributed by atoms with E-state index in [9.17, 15) is 23.5 Å². The van der Waals surface area contributed by atoms with Gasteiger partial charge < -0.3 is 19.9 Å². The van der Waals surface area contributed by atoms with Gasteiger partial charge in [0, 0.05) is 30.1 Å². The lowest BCUT2D eigenvalue weighted by Crippen LogP contribution is -2.66. The Morgan fingerprint density at radius 3 is 2.76 bits per heavy atom. The third-order valence-corrected chi connectivity index (χ3v) is 8.48. The van der Waals surface area contributed by atoms with E-state index in [0.717, 1.165) is 6.07 Å². The van der Waals surface area contributed by atoms with Crippen molar-refractivity contribution >= 4 is 29.1 Å². The molecule has 0 amide bonds. The number of carboxylic acid groups (broad SMARTS) is 1. The van der Waals surface area contributed by atoms with E-state index in [1.54, 1.807) is 18.5 Å². The molecule has 1 aromatic carbocycles. The smallest absolute Gasteiger partial charge is 0.338 e. The van der Waals surface area contributed by atoms with Crippen LogP contribution in [0.1, 0.15) is 41.9 Å². The molecule has 3 aliphatic rings. The number of hydrogen-bond donors (Lipinski definition) is 2. The Bertz CT molecular complexity index is 1400. The maximum Gasteiger partial charge on any atom is 0.338 e. The van der Waals surface area contributed by atoms with Crippen molar-refractivity contribution in [3.05, 3.63) is 62.7 Å². The summed E-state index contributed by atoms with van der Waals surface area (Å²) in [6.07, 6.45) is 0.727. The largest absolute Gasteiger partial charge is 0.481 e. The number of ether oxygens (including phenoxy) is 2. The molecule has 0 aliphatic carbocycles. The molecule has 220 valence electrons. The summed E-state index contributed by atoms with van der Waals surface area (Å²) >= 11 is 1.24. The first-order valence-corrected chi connectivity index (χ1v) is 13.9. The third kappa shape index (κ3) is 5.47. The molecular formula is C27H28F4N4O5S. The number of piperidine rings is 1. The van der Waals surface area contributed by atoms with Crippen LogP contribution in [0.5, 0.6) is 0 Å². The van der Waals surface area contributed by atoms with Gasteiger partial charge in [0.1, 0.15) is 0 Å². The minimum atomic E-state index is -3.40. The van der Waals surface area contributed by atoms with E-state index in [4.69, 9.17) is 9.47 Å². The number of amidine groups is 1. The van der Waals surface area contributed by atoms with Gasteiger partial charge in [-0.15, -0.1) is 11.3 Å². The molecule has 2 N–H and O–H groups in total. The van der Waals surface area contributed by atoms with Crippen LogP contribution in [0.3, 0.4) is 0 Å². The molecule has 9 nitrogen and oxygen atoms in total. The van der Waals surface area contributed by atoms with Crippen molar-refractivity contribution in [2.75, 3.05) is 26.4 Å². The number of esters is 1. The first-order valence-electron chi connectivity index (χ1n) is 13.1. The van der Waals surface area contributed by atoms with Gasteiger partial charge in [-0.25, -0.2) is 32.3 Å². The second-order valence-corrected chi connectivity index (χ2v) is 11.0. The normalized spacial score (nSPS) is 25.9. The molecule has 5 rings (SSSR count). The van der Waals surface area contributed by atoms with Gasteiger partial charge in [0.2, 0.25) is 0 Å². The second-order valence-electron chi connectivity index (χ2n) is 10.1. The lowest BCUT2D eigenvalue weighted by atomic mass is 9.79. The molecule has 2 saturated heterocycles. The molecule has 1 aromatic heterocycles. The Morgan fingerprint density at radius 2 is 2.07 bits per heavy atom.